The van der Waals surface area contributed by atoms with Gasteiger partial charge in [-0.1, -0.05) is 12.1 Å². The molecule has 1 aromatic carbocycles. The average Bonchev–Trinajstić information content (AvgIpc) is 2.63. The van der Waals surface area contributed by atoms with Crippen molar-refractivity contribution in [2.24, 2.45) is 0 Å². The molecule has 0 spiro atoms. The standard InChI is InChI=1S/C22H26N2O5/c1-6-7-18(24-21(27)29-22(3,4)5)20(26)28-13-19(25)16-10-11-17-15(12-16)9-8-14(2)23-17/h6,8-12,18H,1,7,13H2,2-5H3,(H,24,27). The molecule has 1 N–H and O–H groups in total. The molecular weight excluding hydrogens is 372 g/mol. The van der Waals surface area contributed by atoms with Crippen LogP contribution in [0.2, 0.25) is 0 Å². The maximum Gasteiger partial charge on any atom is 0.408 e. The Kier molecular flexibility index (Phi) is 7.09. The van der Waals surface area contributed by atoms with E-state index in [1.807, 2.05) is 19.1 Å². The summed E-state index contributed by atoms with van der Waals surface area (Å²) in [6, 6.07) is 7.86. The maximum atomic E-state index is 12.4. The Labute approximate surface area is 170 Å². The predicted molar refractivity (Wildman–Crippen MR) is 110 cm³/mol. The Morgan fingerprint density at radius 1 is 1.21 bits per heavy atom. The fourth-order valence-corrected chi connectivity index (χ4v) is 2.55. The molecule has 0 radical (unpaired) electrons. The molecule has 0 aliphatic carbocycles. The lowest BCUT2D eigenvalue weighted by Crippen LogP contribution is -2.44. The van der Waals surface area contributed by atoms with Crippen LogP contribution in [0.1, 0.15) is 43.2 Å². The SMILES string of the molecule is C=CCC(NC(=O)OC(C)(C)C)C(=O)OCC(=O)c1ccc2nc(C)ccc2c1. The molecule has 0 fully saturated rings. The van der Waals surface area contributed by atoms with E-state index in [9.17, 15) is 14.4 Å². The quantitative estimate of drug-likeness (QED) is 0.434. The number of carbonyl (C=O) groups is 3. The van der Waals surface area contributed by atoms with Crippen molar-refractivity contribution in [2.75, 3.05) is 6.61 Å². The van der Waals surface area contributed by atoms with Crippen molar-refractivity contribution in [2.45, 2.75) is 45.8 Å². The van der Waals surface area contributed by atoms with Gasteiger partial charge in [0.2, 0.25) is 0 Å². The van der Waals surface area contributed by atoms with E-state index >= 15 is 0 Å². The number of carbonyl (C=O) groups excluding carboxylic acids is 3. The first-order chi connectivity index (χ1) is 13.6. The van der Waals surface area contributed by atoms with Crippen molar-refractivity contribution in [1.82, 2.24) is 10.3 Å². The van der Waals surface area contributed by atoms with E-state index in [-0.39, 0.29) is 12.2 Å². The summed E-state index contributed by atoms with van der Waals surface area (Å²) in [6.07, 6.45) is 0.876. The van der Waals surface area contributed by atoms with Crippen molar-refractivity contribution in [3.63, 3.8) is 0 Å². The molecule has 1 atom stereocenters. The number of hydrogen-bond donors (Lipinski definition) is 1. The summed E-state index contributed by atoms with van der Waals surface area (Å²) in [4.78, 5) is 41.0. The summed E-state index contributed by atoms with van der Waals surface area (Å²) < 4.78 is 10.3. The van der Waals surface area contributed by atoms with E-state index in [4.69, 9.17) is 9.47 Å². The minimum Gasteiger partial charge on any atom is -0.456 e. The molecule has 1 heterocycles. The smallest absolute Gasteiger partial charge is 0.408 e. The number of hydrogen-bond acceptors (Lipinski definition) is 6. The maximum absolute atomic E-state index is 12.4. The zero-order valence-corrected chi connectivity index (χ0v) is 17.2. The highest BCUT2D eigenvalue weighted by Gasteiger charge is 2.25. The van der Waals surface area contributed by atoms with Crippen LogP contribution in [-0.4, -0.2) is 41.1 Å². The third kappa shape index (κ3) is 6.71. The van der Waals surface area contributed by atoms with Gasteiger partial charge in [-0.05, 0) is 58.4 Å². The number of rotatable bonds is 7. The van der Waals surface area contributed by atoms with Gasteiger partial charge in [0.05, 0.1) is 5.52 Å². The van der Waals surface area contributed by atoms with Crippen LogP contribution in [0.3, 0.4) is 0 Å². The van der Waals surface area contributed by atoms with Gasteiger partial charge >= 0.3 is 12.1 Å². The Balaban J connectivity index is 1.99. The Morgan fingerprint density at radius 3 is 2.59 bits per heavy atom. The van der Waals surface area contributed by atoms with Gasteiger partial charge in [-0.25, -0.2) is 9.59 Å². The molecule has 0 saturated carbocycles. The van der Waals surface area contributed by atoms with Gasteiger partial charge in [0, 0.05) is 16.6 Å². The van der Waals surface area contributed by atoms with Crippen LogP contribution >= 0.6 is 0 Å². The van der Waals surface area contributed by atoms with Crippen molar-refractivity contribution in [3.8, 4) is 0 Å². The number of fused-ring (bicyclic) bond motifs is 1. The van der Waals surface area contributed by atoms with Gasteiger partial charge in [0.1, 0.15) is 11.6 Å². The molecule has 154 valence electrons. The number of benzene rings is 1. The number of esters is 1. The van der Waals surface area contributed by atoms with Crippen LogP contribution in [0.15, 0.2) is 43.0 Å². The van der Waals surface area contributed by atoms with E-state index in [1.165, 1.54) is 6.08 Å². The molecule has 0 bridgehead atoms. The lowest BCUT2D eigenvalue weighted by molar-refractivity contribution is -0.144. The molecule has 0 saturated heterocycles. The van der Waals surface area contributed by atoms with Crippen molar-refractivity contribution in [1.29, 1.82) is 0 Å². The lowest BCUT2D eigenvalue weighted by atomic mass is 10.1. The van der Waals surface area contributed by atoms with Gasteiger partial charge in [-0.2, -0.15) is 0 Å². The van der Waals surface area contributed by atoms with Crippen molar-refractivity contribution >= 4 is 28.7 Å². The fourth-order valence-electron chi connectivity index (χ4n) is 2.55. The molecule has 7 heteroatoms. The van der Waals surface area contributed by atoms with Gasteiger partial charge in [0.15, 0.2) is 12.4 Å². The summed E-state index contributed by atoms with van der Waals surface area (Å²) in [7, 11) is 0. The number of Topliss-reactive ketones (excluding diaryl/α,β-unsaturated/α-hetero) is 1. The Hall–Kier alpha value is -3.22. The zero-order valence-electron chi connectivity index (χ0n) is 17.2. The molecule has 1 unspecified atom stereocenters. The number of alkyl carbamates (subject to hydrolysis) is 1. The second kappa shape index (κ2) is 9.32. The number of aromatic nitrogens is 1. The van der Waals surface area contributed by atoms with Crippen LogP contribution in [-0.2, 0) is 14.3 Å². The normalized spacial score (nSPS) is 12.1. The average molecular weight is 398 g/mol. The van der Waals surface area contributed by atoms with E-state index in [0.717, 1.165) is 16.6 Å². The molecule has 2 aromatic rings. The molecule has 1 aromatic heterocycles. The van der Waals surface area contributed by atoms with Crippen molar-refractivity contribution in [3.05, 3.63) is 54.2 Å². The first-order valence-corrected chi connectivity index (χ1v) is 9.26. The van der Waals surface area contributed by atoms with E-state index in [0.29, 0.717) is 5.56 Å². The summed E-state index contributed by atoms with van der Waals surface area (Å²) in [5, 5.41) is 3.26. The van der Waals surface area contributed by atoms with Crippen LogP contribution in [0.25, 0.3) is 10.9 Å². The molecule has 0 aliphatic rings. The second-order valence-corrected chi connectivity index (χ2v) is 7.61. The number of ketones is 1. The number of amides is 1. The number of nitrogens with one attached hydrogen (secondary N) is 1. The number of pyridine rings is 1. The molecule has 0 aliphatic heterocycles. The van der Waals surface area contributed by atoms with Gasteiger partial charge < -0.3 is 14.8 Å². The Bertz CT molecular complexity index is 930. The number of ether oxygens (including phenoxy) is 2. The summed E-state index contributed by atoms with van der Waals surface area (Å²) >= 11 is 0. The Morgan fingerprint density at radius 2 is 1.93 bits per heavy atom. The lowest BCUT2D eigenvalue weighted by Gasteiger charge is -2.22. The fraction of sp³-hybridized carbons (Fsp3) is 0.364. The first-order valence-electron chi connectivity index (χ1n) is 9.26. The monoisotopic (exact) mass is 398 g/mol. The van der Waals surface area contributed by atoms with Gasteiger partial charge in [0.25, 0.3) is 0 Å². The molecule has 2 rings (SSSR count). The van der Waals surface area contributed by atoms with E-state index in [2.05, 4.69) is 16.9 Å². The topological polar surface area (TPSA) is 94.6 Å². The molecular formula is C22H26N2O5. The molecule has 7 nitrogen and oxygen atoms in total. The number of aryl methyl sites for hydroxylation is 1. The van der Waals surface area contributed by atoms with Crippen molar-refractivity contribution < 1.29 is 23.9 Å². The van der Waals surface area contributed by atoms with E-state index < -0.39 is 30.3 Å². The third-order valence-corrected chi connectivity index (χ3v) is 3.87. The highest BCUT2D eigenvalue weighted by atomic mass is 16.6. The first kappa shape index (κ1) is 22.1. The van der Waals surface area contributed by atoms with Crippen LogP contribution in [0.5, 0.6) is 0 Å². The van der Waals surface area contributed by atoms with Gasteiger partial charge in [-0.3, -0.25) is 9.78 Å². The van der Waals surface area contributed by atoms with Gasteiger partial charge in [-0.15, -0.1) is 6.58 Å². The largest absolute Gasteiger partial charge is 0.456 e. The summed E-state index contributed by atoms with van der Waals surface area (Å²) in [5.74, 6) is -1.09. The van der Waals surface area contributed by atoms with Crippen LogP contribution < -0.4 is 5.32 Å². The molecule has 29 heavy (non-hydrogen) atoms. The van der Waals surface area contributed by atoms with Crippen LogP contribution in [0.4, 0.5) is 4.79 Å². The zero-order chi connectivity index (χ0) is 21.6. The minimum atomic E-state index is -0.987. The predicted octanol–water partition coefficient (Wildman–Crippen LogP) is 3.74. The molecule has 1 amide bonds. The minimum absolute atomic E-state index is 0.146. The highest BCUT2D eigenvalue weighted by molar-refractivity contribution is 6.01. The van der Waals surface area contributed by atoms with E-state index in [1.54, 1.807) is 39.0 Å². The summed E-state index contributed by atoms with van der Waals surface area (Å²) in [6.45, 7) is 10.2. The third-order valence-electron chi connectivity index (χ3n) is 3.87. The second-order valence-electron chi connectivity index (χ2n) is 7.61. The van der Waals surface area contributed by atoms with Crippen LogP contribution in [0, 0.1) is 6.92 Å². The summed E-state index contributed by atoms with van der Waals surface area (Å²) in [5.41, 5.74) is 1.38. The number of nitrogens with zero attached hydrogens (tertiary/aromatic N) is 1. The highest BCUT2D eigenvalue weighted by Crippen LogP contribution is 2.15.